The van der Waals surface area contributed by atoms with Crippen molar-refractivity contribution in [2.75, 3.05) is 20.6 Å². The van der Waals surface area contributed by atoms with Gasteiger partial charge in [-0.1, -0.05) is 42.6 Å². The summed E-state index contributed by atoms with van der Waals surface area (Å²) in [5.74, 6) is 0.707. The van der Waals surface area contributed by atoms with Crippen molar-refractivity contribution in [3.05, 3.63) is 0 Å². The normalized spacial score (nSPS) is 15.2. The standard InChI is InChI=1S/C12H25BrN2O/c1-6-10(7-2)11(15(4)5)8-14-12(16)9(3)13/h9-11H,6-8H2,1-5H3,(H,14,16). The lowest BCUT2D eigenvalue weighted by atomic mass is 9.93. The molecule has 3 nitrogen and oxygen atoms in total. The third-order valence-electron chi connectivity index (χ3n) is 3.10. The van der Waals surface area contributed by atoms with Gasteiger partial charge in [0.2, 0.25) is 5.91 Å². The molecule has 0 bridgehead atoms. The van der Waals surface area contributed by atoms with Gasteiger partial charge in [0.25, 0.3) is 0 Å². The summed E-state index contributed by atoms with van der Waals surface area (Å²) in [6.45, 7) is 6.99. The number of rotatable bonds is 7. The van der Waals surface area contributed by atoms with Crippen LogP contribution in [-0.2, 0) is 4.79 Å². The summed E-state index contributed by atoms with van der Waals surface area (Å²) in [5.41, 5.74) is 0. The van der Waals surface area contributed by atoms with Crippen LogP contribution in [0.25, 0.3) is 0 Å². The van der Waals surface area contributed by atoms with Crippen molar-refractivity contribution < 1.29 is 4.79 Å². The molecule has 0 aliphatic rings. The van der Waals surface area contributed by atoms with E-state index in [0.29, 0.717) is 12.0 Å². The number of halogens is 1. The van der Waals surface area contributed by atoms with Gasteiger partial charge in [0.05, 0.1) is 4.83 Å². The van der Waals surface area contributed by atoms with Crippen molar-refractivity contribution in [3.63, 3.8) is 0 Å². The van der Waals surface area contributed by atoms with E-state index in [4.69, 9.17) is 0 Å². The summed E-state index contributed by atoms with van der Waals surface area (Å²) < 4.78 is 0. The molecule has 1 amide bonds. The van der Waals surface area contributed by atoms with E-state index in [1.54, 1.807) is 0 Å². The molecule has 96 valence electrons. The average molecular weight is 293 g/mol. The summed E-state index contributed by atoms with van der Waals surface area (Å²) in [7, 11) is 4.15. The first-order valence-electron chi connectivity index (χ1n) is 6.02. The van der Waals surface area contributed by atoms with Crippen LogP contribution in [0.5, 0.6) is 0 Å². The molecule has 0 rings (SSSR count). The number of nitrogens with one attached hydrogen (secondary N) is 1. The van der Waals surface area contributed by atoms with Crippen molar-refractivity contribution in [1.29, 1.82) is 0 Å². The Bertz CT molecular complexity index is 203. The Labute approximate surface area is 108 Å². The zero-order valence-electron chi connectivity index (χ0n) is 11.1. The third-order valence-corrected chi connectivity index (χ3v) is 3.52. The molecule has 0 aromatic heterocycles. The van der Waals surface area contributed by atoms with Gasteiger partial charge in [0, 0.05) is 12.6 Å². The van der Waals surface area contributed by atoms with Gasteiger partial charge >= 0.3 is 0 Å². The Balaban J connectivity index is 4.29. The first-order valence-corrected chi connectivity index (χ1v) is 6.93. The molecular weight excluding hydrogens is 268 g/mol. The zero-order valence-corrected chi connectivity index (χ0v) is 12.7. The van der Waals surface area contributed by atoms with E-state index in [9.17, 15) is 4.79 Å². The maximum absolute atomic E-state index is 11.5. The van der Waals surface area contributed by atoms with Crippen molar-refractivity contribution in [2.24, 2.45) is 5.92 Å². The number of carbonyl (C=O) groups is 1. The number of likely N-dealkylation sites (N-methyl/N-ethyl adjacent to an activating group) is 1. The number of nitrogens with zero attached hydrogens (tertiary/aromatic N) is 1. The Morgan fingerprint density at radius 1 is 1.31 bits per heavy atom. The van der Waals surface area contributed by atoms with Crippen molar-refractivity contribution in [2.45, 2.75) is 44.5 Å². The van der Waals surface area contributed by atoms with E-state index < -0.39 is 0 Å². The quantitative estimate of drug-likeness (QED) is 0.730. The van der Waals surface area contributed by atoms with Crippen LogP contribution in [0, 0.1) is 5.92 Å². The Morgan fingerprint density at radius 3 is 2.12 bits per heavy atom. The highest BCUT2D eigenvalue weighted by Crippen LogP contribution is 2.16. The molecule has 4 heteroatoms. The van der Waals surface area contributed by atoms with E-state index in [1.807, 2.05) is 6.92 Å². The van der Waals surface area contributed by atoms with Crippen LogP contribution in [0.15, 0.2) is 0 Å². The highest BCUT2D eigenvalue weighted by Gasteiger charge is 2.21. The molecule has 0 aromatic rings. The molecule has 0 saturated carbocycles. The number of alkyl halides is 1. The predicted octanol–water partition coefficient (Wildman–Crippen LogP) is 2.25. The maximum atomic E-state index is 11.5. The molecule has 0 radical (unpaired) electrons. The molecule has 0 spiro atoms. The predicted molar refractivity (Wildman–Crippen MR) is 72.9 cm³/mol. The number of amides is 1. The second-order valence-corrected chi connectivity index (χ2v) is 5.84. The lowest BCUT2D eigenvalue weighted by molar-refractivity contribution is -0.120. The van der Waals surface area contributed by atoms with Gasteiger partial charge in [-0.2, -0.15) is 0 Å². The smallest absolute Gasteiger partial charge is 0.233 e. The average Bonchev–Trinajstić information content (AvgIpc) is 2.22. The summed E-state index contributed by atoms with van der Waals surface area (Å²) in [6, 6.07) is 0.421. The van der Waals surface area contributed by atoms with Gasteiger partial charge in [0.15, 0.2) is 0 Å². The minimum absolute atomic E-state index is 0.0674. The number of carbonyl (C=O) groups excluding carboxylic acids is 1. The summed E-state index contributed by atoms with van der Waals surface area (Å²) in [5, 5.41) is 2.99. The fourth-order valence-corrected chi connectivity index (χ4v) is 2.11. The van der Waals surface area contributed by atoms with Gasteiger partial charge in [-0.15, -0.1) is 0 Å². The third kappa shape index (κ3) is 5.30. The lowest BCUT2D eigenvalue weighted by Gasteiger charge is -2.31. The lowest BCUT2D eigenvalue weighted by Crippen LogP contribution is -2.45. The molecule has 0 heterocycles. The highest BCUT2D eigenvalue weighted by molar-refractivity contribution is 9.10. The van der Waals surface area contributed by atoms with Gasteiger partial charge < -0.3 is 10.2 Å². The van der Waals surface area contributed by atoms with Gasteiger partial charge in [-0.25, -0.2) is 0 Å². The van der Waals surface area contributed by atoms with Crippen LogP contribution in [0.2, 0.25) is 0 Å². The van der Waals surface area contributed by atoms with E-state index in [2.05, 4.69) is 54.1 Å². The molecule has 0 saturated heterocycles. The minimum Gasteiger partial charge on any atom is -0.354 e. The number of hydrogen-bond acceptors (Lipinski definition) is 2. The van der Waals surface area contributed by atoms with Crippen LogP contribution in [0.4, 0.5) is 0 Å². The van der Waals surface area contributed by atoms with Crippen LogP contribution >= 0.6 is 15.9 Å². The first kappa shape index (κ1) is 15.9. The molecule has 16 heavy (non-hydrogen) atoms. The van der Waals surface area contributed by atoms with E-state index in [-0.39, 0.29) is 10.7 Å². The van der Waals surface area contributed by atoms with E-state index >= 15 is 0 Å². The maximum Gasteiger partial charge on any atom is 0.233 e. The van der Waals surface area contributed by atoms with Crippen molar-refractivity contribution in [1.82, 2.24) is 10.2 Å². The molecule has 1 N–H and O–H groups in total. The molecule has 2 unspecified atom stereocenters. The molecule has 2 atom stereocenters. The van der Waals surface area contributed by atoms with Crippen LogP contribution in [0.3, 0.4) is 0 Å². The van der Waals surface area contributed by atoms with Crippen LogP contribution < -0.4 is 5.32 Å². The zero-order chi connectivity index (χ0) is 12.7. The second-order valence-electron chi connectivity index (χ2n) is 4.47. The largest absolute Gasteiger partial charge is 0.354 e. The van der Waals surface area contributed by atoms with Crippen molar-refractivity contribution >= 4 is 21.8 Å². The molecule has 0 fully saturated rings. The topological polar surface area (TPSA) is 32.3 Å². The Hall–Kier alpha value is -0.0900. The van der Waals surface area contributed by atoms with Gasteiger partial charge in [0.1, 0.15) is 0 Å². The van der Waals surface area contributed by atoms with Crippen molar-refractivity contribution in [3.8, 4) is 0 Å². The van der Waals surface area contributed by atoms with Gasteiger partial charge in [-0.3, -0.25) is 4.79 Å². The van der Waals surface area contributed by atoms with Crippen LogP contribution in [0.1, 0.15) is 33.6 Å². The summed E-state index contributed by atoms with van der Waals surface area (Å²) in [4.78, 5) is 13.6. The van der Waals surface area contributed by atoms with E-state index in [0.717, 1.165) is 19.4 Å². The summed E-state index contributed by atoms with van der Waals surface area (Å²) in [6.07, 6.45) is 2.30. The van der Waals surface area contributed by atoms with E-state index in [1.165, 1.54) is 0 Å². The Morgan fingerprint density at radius 2 is 1.81 bits per heavy atom. The van der Waals surface area contributed by atoms with Crippen LogP contribution in [-0.4, -0.2) is 42.3 Å². The monoisotopic (exact) mass is 292 g/mol. The summed E-state index contributed by atoms with van der Waals surface area (Å²) >= 11 is 3.27. The minimum atomic E-state index is -0.114. The molecule has 0 aliphatic heterocycles. The molecule has 0 aromatic carbocycles. The highest BCUT2D eigenvalue weighted by atomic mass is 79.9. The van der Waals surface area contributed by atoms with Gasteiger partial charge in [-0.05, 0) is 26.9 Å². The number of hydrogen-bond donors (Lipinski definition) is 1. The first-order chi connectivity index (χ1) is 7.43. The Kier molecular flexibility index (Phi) is 8.02. The SMILES string of the molecule is CCC(CC)C(CNC(=O)C(C)Br)N(C)C. The fourth-order valence-electron chi connectivity index (χ4n) is 1.95. The molecular formula is C12H25BrN2O. The molecule has 0 aliphatic carbocycles. The second kappa shape index (κ2) is 8.07. The fraction of sp³-hybridized carbons (Fsp3) is 0.917.